The first-order valence-corrected chi connectivity index (χ1v) is 12.8. The van der Waals surface area contributed by atoms with E-state index in [2.05, 4.69) is 25.1 Å². The van der Waals surface area contributed by atoms with E-state index in [1.807, 2.05) is 37.3 Å². The smallest absolute Gasteiger partial charge is 0.351 e. The molecule has 0 spiro atoms. The fourth-order valence-corrected chi connectivity index (χ4v) is 4.55. The van der Waals surface area contributed by atoms with Crippen molar-refractivity contribution in [2.75, 3.05) is 0 Å². The topological polar surface area (TPSA) is 168 Å². The first-order valence-electron chi connectivity index (χ1n) is 12.8. The average molecular weight is 559 g/mol. The Kier molecular flexibility index (Phi) is 8.46. The van der Waals surface area contributed by atoms with Gasteiger partial charge >= 0.3 is 11.7 Å². The van der Waals surface area contributed by atoms with Crippen molar-refractivity contribution >= 4 is 5.97 Å². The van der Waals surface area contributed by atoms with Gasteiger partial charge in [-0.25, -0.2) is 29.0 Å². The lowest BCUT2D eigenvalue weighted by atomic mass is 9.99. The SMILES string of the molecule is CCC[C@@]1(N=[N+]=[N-])O[C@@H](n2ccc(-n3cncn3)nc2=O)[C@H](OOCc2ccccc2)[C@@H]1OC(=O)c1ccccc1. The van der Waals surface area contributed by atoms with Crippen LogP contribution >= 0.6 is 0 Å². The first kappa shape index (κ1) is 27.7. The molecule has 3 heterocycles. The van der Waals surface area contributed by atoms with Gasteiger partial charge in [0.1, 0.15) is 19.3 Å². The zero-order chi connectivity index (χ0) is 28.7. The van der Waals surface area contributed by atoms with E-state index in [0.717, 1.165) is 10.1 Å². The number of hydrogen-bond donors (Lipinski definition) is 0. The third-order valence-electron chi connectivity index (χ3n) is 6.41. The number of aromatic nitrogens is 5. The Hall–Kier alpha value is -4.88. The molecule has 5 rings (SSSR count). The zero-order valence-electron chi connectivity index (χ0n) is 22.0. The molecule has 1 fully saturated rings. The highest BCUT2D eigenvalue weighted by Gasteiger charge is 2.59. The molecule has 4 atom stereocenters. The second kappa shape index (κ2) is 12.5. The molecule has 210 valence electrons. The van der Waals surface area contributed by atoms with Gasteiger partial charge in [0.05, 0.1) is 5.56 Å². The van der Waals surface area contributed by atoms with Gasteiger partial charge in [0, 0.05) is 11.1 Å². The van der Waals surface area contributed by atoms with Crippen molar-refractivity contribution in [2.45, 2.75) is 50.5 Å². The van der Waals surface area contributed by atoms with Crippen LogP contribution in [0.1, 0.15) is 41.9 Å². The van der Waals surface area contributed by atoms with Crippen LogP contribution in [0.5, 0.6) is 0 Å². The molecule has 0 saturated carbocycles. The summed E-state index contributed by atoms with van der Waals surface area (Å²) < 4.78 is 14.7. The number of nitrogens with zero attached hydrogens (tertiary/aromatic N) is 8. The van der Waals surface area contributed by atoms with E-state index in [1.165, 1.54) is 29.6 Å². The Bertz CT molecular complexity index is 1560. The van der Waals surface area contributed by atoms with E-state index in [1.54, 1.807) is 30.3 Å². The summed E-state index contributed by atoms with van der Waals surface area (Å²) in [5, 5.41) is 7.93. The molecule has 0 aliphatic carbocycles. The molecule has 4 aromatic rings. The third-order valence-corrected chi connectivity index (χ3v) is 6.41. The molecule has 1 saturated heterocycles. The molecular weight excluding hydrogens is 532 g/mol. The van der Waals surface area contributed by atoms with Gasteiger partial charge in [-0.2, -0.15) is 10.1 Å². The maximum atomic E-state index is 13.2. The summed E-state index contributed by atoms with van der Waals surface area (Å²) >= 11 is 0. The summed E-state index contributed by atoms with van der Waals surface area (Å²) in [7, 11) is 0. The van der Waals surface area contributed by atoms with Gasteiger partial charge < -0.3 is 9.47 Å². The molecule has 2 aromatic carbocycles. The summed E-state index contributed by atoms with van der Waals surface area (Å²) in [6.07, 6.45) is 0.994. The Morgan fingerprint density at radius 2 is 1.90 bits per heavy atom. The Morgan fingerprint density at radius 3 is 2.56 bits per heavy atom. The monoisotopic (exact) mass is 558 g/mol. The minimum atomic E-state index is -1.72. The summed E-state index contributed by atoms with van der Waals surface area (Å²) in [6, 6.07) is 19.1. The molecule has 0 unspecified atom stereocenters. The van der Waals surface area contributed by atoms with Crippen LogP contribution in [-0.2, 0) is 25.9 Å². The first-order chi connectivity index (χ1) is 20.0. The normalized spacial score (nSPS) is 21.7. The van der Waals surface area contributed by atoms with Crippen LogP contribution < -0.4 is 5.69 Å². The molecule has 2 aromatic heterocycles. The van der Waals surface area contributed by atoms with Crippen molar-refractivity contribution in [3.05, 3.63) is 118 Å². The van der Waals surface area contributed by atoms with E-state index < -0.39 is 35.8 Å². The van der Waals surface area contributed by atoms with Crippen molar-refractivity contribution < 1.29 is 24.0 Å². The number of esters is 1. The molecule has 0 radical (unpaired) electrons. The van der Waals surface area contributed by atoms with E-state index in [-0.39, 0.29) is 24.4 Å². The molecule has 14 nitrogen and oxygen atoms in total. The van der Waals surface area contributed by atoms with Crippen LogP contribution in [0.15, 0.2) is 95.5 Å². The van der Waals surface area contributed by atoms with E-state index >= 15 is 0 Å². The molecule has 0 bridgehead atoms. The van der Waals surface area contributed by atoms with Crippen LogP contribution in [0.25, 0.3) is 16.3 Å². The predicted octanol–water partition coefficient (Wildman–Crippen LogP) is 3.90. The Morgan fingerprint density at radius 1 is 1.15 bits per heavy atom. The van der Waals surface area contributed by atoms with Gasteiger partial charge in [0.15, 0.2) is 30.0 Å². The van der Waals surface area contributed by atoms with E-state index in [4.69, 9.17) is 19.2 Å². The van der Waals surface area contributed by atoms with Gasteiger partial charge in [-0.3, -0.25) is 4.57 Å². The number of rotatable bonds is 11. The number of azide groups is 1. The molecule has 1 aliphatic rings. The van der Waals surface area contributed by atoms with Crippen LogP contribution in [0.3, 0.4) is 0 Å². The Labute approximate surface area is 233 Å². The van der Waals surface area contributed by atoms with Gasteiger partial charge in [0.25, 0.3) is 0 Å². The Balaban J connectivity index is 1.53. The quantitative estimate of drug-likeness (QED) is 0.0662. The van der Waals surface area contributed by atoms with Crippen molar-refractivity contribution in [1.29, 1.82) is 0 Å². The van der Waals surface area contributed by atoms with Crippen molar-refractivity contribution in [2.24, 2.45) is 5.11 Å². The number of hydrogen-bond acceptors (Lipinski definition) is 10. The summed E-state index contributed by atoms with van der Waals surface area (Å²) in [5.74, 6) is -0.474. The van der Waals surface area contributed by atoms with Crippen LogP contribution in [-0.4, -0.2) is 48.2 Å². The predicted molar refractivity (Wildman–Crippen MR) is 142 cm³/mol. The molecular formula is C27H26N8O6. The third kappa shape index (κ3) is 6.00. The minimum absolute atomic E-state index is 0.0457. The summed E-state index contributed by atoms with van der Waals surface area (Å²) in [4.78, 5) is 48.8. The maximum Gasteiger partial charge on any atom is 0.351 e. The fraction of sp³-hybridized carbons (Fsp3) is 0.296. The van der Waals surface area contributed by atoms with Crippen molar-refractivity contribution in [3.8, 4) is 5.82 Å². The number of carbonyl (C=O) groups excluding carboxylic acids is 1. The highest BCUT2D eigenvalue weighted by atomic mass is 17.2. The lowest BCUT2D eigenvalue weighted by molar-refractivity contribution is -0.352. The summed E-state index contributed by atoms with van der Waals surface area (Å²) in [6.45, 7) is 1.90. The van der Waals surface area contributed by atoms with Crippen LogP contribution in [0.2, 0.25) is 0 Å². The maximum absolute atomic E-state index is 13.2. The van der Waals surface area contributed by atoms with Gasteiger partial charge in [0.2, 0.25) is 0 Å². The molecule has 0 N–H and O–H groups in total. The van der Waals surface area contributed by atoms with Crippen molar-refractivity contribution in [1.82, 2.24) is 24.3 Å². The second-order valence-electron chi connectivity index (χ2n) is 9.11. The highest BCUT2D eigenvalue weighted by Crippen LogP contribution is 2.44. The van der Waals surface area contributed by atoms with Gasteiger partial charge in [-0.05, 0) is 35.7 Å². The lowest BCUT2D eigenvalue weighted by Gasteiger charge is -2.29. The zero-order valence-corrected chi connectivity index (χ0v) is 22.0. The minimum Gasteiger partial charge on any atom is -0.452 e. The molecule has 0 amide bonds. The number of ether oxygens (including phenoxy) is 2. The van der Waals surface area contributed by atoms with Crippen LogP contribution in [0, 0.1) is 0 Å². The standard InChI is InChI=1S/C27H26N8O6/c1-2-14-27(32-33-28)23(39-25(36)20-11-7-4-8-12-20)22(41-38-16-19-9-5-3-6-10-19)24(40-27)34-15-13-21(31-26(34)37)35-18-29-17-30-35/h3-13,15,17-18,22-24H,2,14,16H2,1H3/t22-,23+,24-,27-/m1/s1. The van der Waals surface area contributed by atoms with Gasteiger partial charge in [-0.15, -0.1) is 0 Å². The highest BCUT2D eigenvalue weighted by molar-refractivity contribution is 5.89. The number of benzene rings is 2. The molecule has 41 heavy (non-hydrogen) atoms. The van der Waals surface area contributed by atoms with E-state index in [9.17, 15) is 15.1 Å². The largest absolute Gasteiger partial charge is 0.452 e. The number of carbonyl (C=O) groups is 1. The fourth-order valence-electron chi connectivity index (χ4n) is 4.55. The second-order valence-corrected chi connectivity index (χ2v) is 9.11. The van der Waals surface area contributed by atoms with Gasteiger partial charge in [-0.1, -0.05) is 67.0 Å². The lowest BCUT2D eigenvalue weighted by Crippen LogP contribution is -2.45. The molecule has 1 aliphatic heterocycles. The average Bonchev–Trinajstić information content (AvgIpc) is 3.63. The molecule has 14 heteroatoms. The van der Waals surface area contributed by atoms with E-state index in [0.29, 0.717) is 6.42 Å². The van der Waals surface area contributed by atoms with Crippen LogP contribution in [0.4, 0.5) is 0 Å². The summed E-state index contributed by atoms with van der Waals surface area (Å²) in [5.41, 5.74) is 8.16. The van der Waals surface area contributed by atoms with Crippen molar-refractivity contribution in [3.63, 3.8) is 0 Å².